The summed E-state index contributed by atoms with van der Waals surface area (Å²) in [5.41, 5.74) is 1.04. The maximum Gasteiger partial charge on any atom is 0.261 e. The number of nitrogens with zero attached hydrogens (tertiary/aromatic N) is 2. The van der Waals surface area contributed by atoms with Gasteiger partial charge in [0.25, 0.3) is 5.56 Å². The van der Waals surface area contributed by atoms with Crippen LogP contribution in [-0.4, -0.2) is 15.5 Å². The SMILES string of the molecule is O=C(Cn1cnc2c(I)cc(I)cc2c1=O)Nc1ccc(Cl)cc1. The third-order valence-electron chi connectivity index (χ3n) is 3.29. The Morgan fingerprint density at radius 1 is 1.21 bits per heavy atom. The zero-order valence-electron chi connectivity index (χ0n) is 12.1. The molecule has 1 amide bonds. The molecule has 0 aliphatic heterocycles. The van der Waals surface area contributed by atoms with Crippen molar-refractivity contribution in [3.8, 4) is 0 Å². The number of carbonyl (C=O) groups is 1. The van der Waals surface area contributed by atoms with Crippen molar-refractivity contribution in [2.45, 2.75) is 6.54 Å². The molecule has 0 aliphatic rings. The number of anilines is 1. The van der Waals surface area contributed by atoms with Gasteiger partial charge in [-0.1, -0.05) is 11.6 Å². The molecule has 0 aliphatic carbocycles. The number of carbonyl (C=O) groups excluding carboxylic acids is 1. The van der Waals surface area contributed by atoms with Crippen LogP contribution in [-0.2, 0) is 11.3 Å². The fourth-order valence-corrected chi connectivity index (χ4v) is 4.31. The zero-order chi connectivity index (χ0) is 17.3. The lowest BCUT2D eigenvalue weighted by Crippen LogP contribution is -2.28. The van der Waals surface area contributed by atoms with Gasteiger partial charge >= 0.3 is 0 Å². The molecule has 0 saturated heterocycles. The average molecular weight is 566 g/mol. The number of hydrogen-bond donors (Lipinski definition) is 1. The van der Waals surface area contributed by atoms with Gasteiger partial charge in [0.1, 0.15) is 6.54 Å². The van der Waals surface area contributed by atoms with Crippen molar-refractivity contribution in [3.63, 3.8) is 0 Å². The van der Waals surface area contributed by atoms with E-state index in [1.165, 1.54) is 10.9 Å². The Balaban J connectivity index is 1.87. The first kappa shape index (κ1) is 17.6. The quantitative estimate of drug-likeness (QED) is 0.491. The summed E-state index contributed by atoms with van der Waals surface area (Å²) in [6, 6.07) is 10.5. The van der Waals surface area contributed by atoms with E-state index in [0.29, 0.717) is 21.6 Å². The minimum atomic E-state index is -0.305. The van der Waals surface area contributed by atoms with E-state index >= 15 is 0 Å². The number of hydrogen-bond acceptors (Lipinski definition) is 3. The number of benzene rings is 2. The second-order valence-electron chi connectivity index (χ2n) is 5.02. The first-order valence-electron chi connectivity index (χ1n) is 6.83. The zero-order valence-corrected chi connectivity index (χ0v) is 17.2. The first-order chi connectivity index (χ1) is 11.4. The summed E-state index contributed by atoms with van der Waals surface area (Å²) in [5, 5.41) is 3.83. The summed E-state index contributed by atoms with van der Waals surface area (Å²) in [6.07, 6.45) is 1.40. The monoisotopic (exact) mass is 565 g/mol. The van der Waals surface area contributed by atoms with Crippen LogP contribution in [0.5, 0.6) is 0 Å². The van der Waals surface area contributed by atoms with Crippen LogP contribution in [0.1, 0.15) is 0 Å². The van der Waals surface area contributed by atoms with Gasteiger partial charge in [0, 0.05) is 17.9 Å². The molecule has 1 heterocycles. The van der Waals surface area contributed by atoms with Crippen LogP contribution >= 0.6 is 56.8 Å². The highest BCUT2D eigenvalue weighted by Crippen LogP contribution is 2.19. The van der Waals surface area contributed by atoms with Gasteiger partial charge in [-0.05, 0) is 81.6 Å². The Morgan fingerprint density at radius 3 is 2.62 bits per heavy atom. The van der Waals surface area contributed by atoms with Crippen molar-refractivity contribution in [1.82, 2.24) is 9.55 Å². The molecule has 0 bridgehead atoms. The molecule has 3 aromatic rings. The second kappa shape index (κ2) is 7.36. The number of rotatable bonds is 3. The van der Waals surface area contributed by atoms with Crippen LogP contribution < -0.4 is 10.9 Å². The highest BCUT2D eigenvalue weighted by molar-refractivity contribution is 14.1. The molecule has 0 radical (unpaired) electrons. The molecule has 0 spiro atoms. The molecule has 2 aromatic carbocycles. The van der Waals surface area contributed by atoms with E-state index in [-0.39, 0.29) is 18.0 Å². The first-order valence-corrected chi connectivity index (χ1v) is 9.37. The summed E-state index contributed by atoms with van der Waals surface area (Å²) < 4.78 is 3.16. The van der Waals surface area contributed by atoms with Crippen molar-refractivity contribution in [2.75, 3.05) is 5.32 Å². The van der Waals surface area contributed by atoms with Gasteiger partial charge in [-0.3, -0.25) is 14.2 Å². The highest BCUT2D eigenvalue weighted by atomic mass is 127. The lowest BCUT2D eigenvalue weighted by molar-refractivity contribution is -0.116. The number of fused-ring (bicyclic) bond motifs is 1. The maximum atomic E-state index is 12.6. The summed E-state index contributed by atoms with van der Waals surface area (Å²) in [5.74, 6) is -0.305. The van der Waals surface area contributed by atoms with Gasteiger partial charge < -0.3 is 5.32 Å². The normalized spacial score (nSPS) is 10.8. The fraction of sp³-hybridized carbons (Fsp3) is 0.0625. The Labute approximate surface area is 169 Å². The van der Waals surface area contributed by atoms with Crippen molar-refractivity contribution < 1.29 is 4.79 Å². The predicted octanol–water partition coefficient (Wildman–Crippen LogP) is 3.90. The van der Waals surface area contributed by atoms with Gasteiger partial charge in [0.2, 0.25) is 5.91 Å². The largest absolute Gasteiger partial charge is 0.325 e. The topological polar surface area (TPSA) is 64.0 Å². The molecule has 24 heavy (non-hydrogen) atoms. The Morgan fingerprint density at radius 2 is 1.92 bits per heavy atom. The molecule has 1 aromatic heterocycles. The molecule has 0 fully saturated rings. The van der Waals surface area contributed by atoms with Crippen LogP contribution in [0, 0.1) is 7.14 Å². The fourth-order valence-electron chi connectivity index (χ4n) is 2.20. The lowest BCUT2D eigenvalue weighted by Gasteiger charge is -2.09. The standard InChI is InChI=1S/C16H10ClI2N3O2/c17-9-1-3-11(4-2-9)21-14(23)7-22-8-20-15-12(16(22)24)5-10(18)6-13(15)19/h1-6,8H,7H2,(H,21,23). The third kappa shape index (κ3) is 3.89. The summed E-state index contributed by atoms with van der Waals surface area (Å²) >= 11 is 10.1. The molecule has 8 heteroatoms. The molecule has 1 N–H and O–H groups in total. The van der Waals surface area contributed by atoms with Crippen molar-refractivity contribution in [1.29, 1.82) is 0 Å². The van der Waals surface area contributed by atoms with E-state index in [9.17, 15) is 9.59 Å². The Kier molecular flexibility index (Phi) is 5.40. The molecule has 0 unspecified atom stereocenters. The minimum Gasteiger partial charge on any atom is -0.325 e. The minimum absolute atomic E-state index is 0.105. The van der Waals surface area contributed by atoms with E-state index in [2.05, 4.69) is 55.5 Å². The smallest absolute Gasteiger partial charge is 0.261 e. The van der Waals surface area contributed by atoms with E-state index in [0.717, 1.165) is 7.14 Å². The molecule has 122 valence electrons. The second-order valence-corrected chi connectivity index (χ2v) is 7.86. The summed E-state index contributed by atoms with van der Waals surface area (Å²) in [6.45, 7) is -0.105. The van der Waals surface area contributed by atoms with E-state index < -0.39 is 0 Å². The molecular formula is C16H10ClI2N3O2. The molecule has 0 saturated carbocycles. The number of halogens is 3. The number of nitrogens with one attached hydrogen (secondary N) is 1. The Bertz CT molecular complexity index is 987. The number of aromatic nitrogens is 2. The predicted molar refractivity (Wildman–Crippen MR) is 112 cm³/mol. The van der Waals surface area contributed by atoms with E-state index in [1.807, 2.05) is 6.07 Å². The van der Waals surface area contributed by atoms with Crippen molar-refractivity contribution in [2.24, 2.45) is 0 Å². The van der Waals surface area contributed by atoms with Crippen LogP contribution in [0.15, 0.2) is 47.5 Å². The highest BCUT2D eigenvalue weighted by Gasteiger charge is 2.11. The maximum absolute atomic E-state index is 12.6. The van der Waals surface area contributed by atoms with Gasteiger partial charge in [0.05, 0.1) is 17.2 Å². The van der Waals surface area contributed by atoms with Crippen molar-refractivity contribution in [3.05, 3.63) is 65.2 Å². The van der Waals surface area contributed by atoms with Gasteiger partial charge in [-0.2, -0.15) is 0 Å². The number of amides is 1. The van der Waals surface area contributed by atoms with Gasteiger partial charge in [0.15, 0.2) is 0 Å². The van der Waals surface area contributed by atoms with E-state index in [4.69, 9.17) is 11.6 Å². The summed E-state index contributed by atoms with van der Waals surface area (Å²) in [4.78, 5) is 29.0. The van der Waals surface area contributed by atoms with Crippen LogP contribution in [0.2, 0.25) is 5.02 Å². The van der Waals surface area contributed by atoms with Crippen LogP contribution in [0.4, 0.5) is 5.69 Å². The van der Waals surface area contributed by atoms with Gasteiger partial charge in [-0.25, -0.2) is 4.98 Å². The summed E-state index contributed by atoms with van der Waals surface area (Å²) in [7, 11) is 0. The molecule has 5 nitrogen and oxygen atoms in total. The lowest BCUT2D eigenvalue weighted by atomic mass is 10.2. The molecule has 0 atom stereocenters. The van der Waals surface area contributed by atoms with Crippen LogP contribution in [0.3, 0.4) is 0 Å². The van der Waals surface area contributed by atoms with Crippen molar-refractivity contribution >= 4 is 79.3 Å². The third-order valence-corrected chi connectivity index (χ3v) is 4.98. The molecular weight excluding hydrogens is 555 g/mol. The molecule has 3 rings (SSSR count). The Hall–Kier alpha value is -1.20. The van der Waals surface area contributed by atoms with Gasteiger partial charge in [-0.15, -0.1) is 0 Å². The van der Waals surface area contributed by atoms with Crippen LogP contribution in [0.25, 0.3) is 10.9 Å². The average Bonchev–Trinajstić information content (AvgIpc) is 2.53. The van der Waals surface area contributed by atoms with E-state index in [1.54, 1.807) is 30.3 Å².